The monoisotopic (exact) mass is 320 g/mol. The Kier molecular flexibility index (Phi) is 4.87. The molecule has 0 radical (unpaired) electrons. The molecule has 1 aliphatic heterocycles. The Labute approximate surface area is 136 Å². The molecule has 2 N–H and O–H groups in total. The topological polar surface area (TPSA) is 49.4 Å². The van der Waals surface area contributed by atoms with E-state index in [1.54, 1.807) is 13.2 Å². The Hall–Kier alpha value is -1.59. The molecule has 1 aromatic heterocycles. The quantitative estimate of drug-likeness (QED) is 0.798. The number of methoxy groups -OCH3 is 1. The van der Waals surface area contributed by atoms with E-state index in [9.17, 15) is 4.39 Å². The normalized spacial score (nSPS) is 15.1. The molecule has 126 valence electrons. The third-order valence-electron chi connectivity index (χ3n) is 4.41. The van der Waals surface area contributed by atoms with Gasteiger partial charge in [0.1, 0.15) is 0 Å². The van der Waals surface area contributed by atoms with Gasteiger partial charge in [-0.3, -0.25) is 0 Å². The first-order valence-corrected chi connectivity index (χ1v) is 8.32. The lowest BCUT2D eigenvalue weighted by molar-refractivity contribution is 0.170. The average molecular weight is 320 g/mol. The Morgan fingerprint density at radius 2 is 2.17 bits per heavy atom. The van der Waals surface area contributed by atoms with Gasteiger partial charge in [0.25, 0.3) is 0 Å². The van der Waals surface area contributed by atoms with Gasteiger partial charge in [0, 0.05) is 49.9 Å². The summed E-state index contributed by atoms with van der Waals surface area (Å²) in [5.74, 6) is 0.0262. The molecular weight excluding hydrogens is 295 g/mol. The number of aryl methyl sites for hydroxylation is 1. The summed E-state index contributed by atoms with van der Waals surface area (Å²) in [6.07, 6.45) is 3.72. The van der Waals surface area contributed by atoms with Crippen LogP contribution in [0.4, 0.5) is 4.39 Å². The van der Waals surface area contributed by atoms with E-state index in [0.717, 1.165) is 43.1 Å². The molecule has 0 amide bonds. The van der Waals surface area contributed by atoms with Crippen LogP contribution in [0.5, 0.6) is 5.75 Å². The van der Waals surface area contributed by atoms with Crippen LogP contribution in [-0.4, -0.2) is 30.9 Å². The molecule has 23 heavy (non-hydrogen) atoms. The van der Waals surface area contributed by atoms with Crippen LogP contribution in [0.25, 0.3) is 10.9 Å². The summed E-state index contributed by atoms with van der Waals surface area (Å²) >= 11 is 0. The highest BCUT2D eigenvalue weighted by Gasteiger charge is 2.23. The summed E-state index contributed by atoms with van der Waals surface area (Å²) in [6.45, 7) is 4.03. The van der Waals surface area contributed by atoms with Crippen LogP contribution in [0.3, 0.4) is 0 Å². The number of hydrogen-bond acceptors (Lipinski definition) is 3. The second-order valence-corrected chi connectivity index (χ2v) is 6.36. The summed E-state index contributed by atoms with van der Waals surface area (Å²) in [6, 6.07) is 3.54. The van der Waals surface area contributed by atoms with Crippen molar-refractivity contribution in [1.82, 2.24) is 4.57 Å². The molecule has 0 unspecified atom stereocenters. The highest BCUT2D eigenvalue weighted by Crippen LogP contribution is 2.35. The van der Waals surface area contributed by atoms with Crippen LogP contribution in [0.15, 0.2) is 12.1 Å². The zero-order valence-corrected chi connectivity index (χ0v) is 13.9. The van der Waals surface area contributed by atoms with Crippen molar-refractivity contribution < 1.29 is 13.9 Å². The second-order valence-electron chi connectivity index (χ2n) is 6.36. The first-order valence-electron chi connectivity index (χ1n) is 8.32. The summed E-state index contributed by atoms with van der Waals surface area (Å²) in [7, 11) is 1.65. The maximum absolute atomic E-state index is 14.4. The average Bonchev–Trinajstić information content (AvgIpc) is 3.07. The van der Waals surface area contributed by atoms with Crippen LogP contribution in [-0.2, 0) is 24.1 Å². The zero-order valence-electron chi connectivity index (χ0n) is 13.9. The molecule has 0 saturated carbocycles. The number of rotatable bonds is 7. The van der Waals surface area contributed by atoms with Gasteiger partial charge in [0.2, 0.25) is 0 Å². The van der Waals surface area contributed by atoms with Crippen LogP contribution in [0.2, 0.25) is 0 Å². The lowest BCUT2D eigenvalue weighted by atomic mass is 10.0. The highest BCUT2D eigenvalue weighted by molar-refractivity contribution is 5.87. The fourth-order valence-electron chi connectivity index (χ4n) is 3.46. The van der Waals surface area contributed by atoms with Gasteiger partial charge in [-0.05, 0) is 37.8 Å². The Bertz CT molecular complexity index is 694. The van der Waals surface area contributed by atoms with Crippen molar-refractivity contribution in [3.63, 3.8) is 0 Å². The molecule has 5 heteroatoms. The van der Waals surface area contributed by atoms with Crippen molar-refractivity contribution in [3.8, 4) is 5.75 Å². The molecule has 1 atom stereocenters. The maximum Gasteiger partial charge on any atom is 0.167 e. The van der Waals surface area contributed by atoms with Gasteiger partial charge >= 0.3 is 0 Å². The molecule has 0 bridgehead atoms. The predicted molar refractivity (Wildman–Crippen MR) is 89.6 cm³/mol. The SMILES string of the molecule is COCCCOc1cc2c(C[C@H](C)N)c3n(c2cc1F)CCC3. The molecule has 0 spiro atoms. The van der Waals surface area contributed by atoms with E-state index in [1.165, 1.54) is 11.3 Å². The maximum atomic E-state index is 14.4. The predicted octanol–water partition coefficient (Wildman–Crippen LogP) is 3.03. The fourth-order valence-corrected chi connectivity index (χ4v) is 3.46. The minimum absolute atomic E-state index is 0.0852. The Balaban J connectivity index is 1.97. The molecule has 1 aromatic carbocycles. The third kappa shape index (κ3) is 3.21. The molecule has 2 aromatic rings. The summed E-state index contributed by atoms with van der Waals surface area (Å²) in [5, 5.41) is 1.08. The minimum Gasteiger partial charge on any atom is -0.490 e. The van der Waals surface area contributed by atoms with Gasteiger partial charge in [0.05, 0.1) is 12.1 Å². The van der Waals surface area contributed by atoms with Gasteiger partial charge in [-0.25, -0.2) is 4.39 Å². The van der Waals surface area contributed by atoms with Gasteiger partial charge < -0.3 is 19.8 Å². The van der Waals surface area contributed by atoms with E-state index in [2.05, 4.69) is 4.57 Å². The number of fused-ring (bicyclic) bond motifs is 3. The zero-order chi connectivity index (χ0) is 16.4. The van der Waals surface area contributed by atoms with Crippen LogP contribution in [0.1, 0.15) is 31.0 Å². The van der Waals surface area contributed by atoms with Gasteiger partial charge in [-0.2, -0.15) is 0 Å². The van der Waals surface area contributed by atoms with Crippen molar-refractivity contribution in [3.05, 3.63) is 29.2 Å². The van der Waals surface area contributed by atoms with Crippen LogP contribution < -0.4 is 10.5 Å². The van der Waals surface area contributed by atoms with Crippen molar-refractivity contribution in [2.45, 2.75) is 45.2 Å². The number of hydrogen-bond donors (Lipinski definition) is 1. The lowest BCUT2D eigenvalue weighted by Gasteiger charge is -2.10. The summed E-state index contributed by atoms with van der Waals surface area (Å²) in [5.41, 5.74) is 9.56. The van der Waals surface area contributed by atoms with Crippen molar-refractivity contribution in [2.75, 3.05) is 20.3 Å². The lowest BCUT2D eigenvalue weighted by Crippen LogP contribution is -2.18. The van der Waals surface area contributed by atoms with Gasteiger partial charge in [-0.1, -0.05) is 0 Å². The van der Waals surface area contributed by atoms with Gasteiger partial charge in [-0.15, -0.1) is 0 Å². The summed E-state index contributed by atoms with van der Waals surface area (Å²) in [4.78, 5) is 0. The Morgan fingerprint density at radius 1 is 1.35 bits per heavy atom. The molecule has 0 fully saturated rings. The first kappa shape index (κ1) is 16.3. The molecule has 0 saturated heterocycles. The Morgan fingerprint density at radius 3 is 2.91 bits per heavy atom. The van der Waals surface area contributed by atoms with Crippen molar-refractivity contribution in [2.24, 2.45) is 5.73 Å². The number of nitrogens with zero attached hydrogens (tertiary/aromatic N) is 1. The minimum atomic E-state index is -0.297. The largest absolute Gasteiger partial charge is 0.490 e. The fraction of sp³-hybridized carbons (Fsp3) is 0.556. The number of nitrogens with two attached hydrogens (primary N) is 1. The number of benzene rings is 1. The number of halogens is 1. The molecule has 2 heterocycles. The van der Waals surface area contributed by atoms with Crippen molar-refractivity contribution in [1.29, 1.82) is 0 Å². The van der Waals surface area contributed by atoms with E-state index in [4.69, 9.17) is 15.2 Å². The summed E-state index contributed by atoms with van der Waals surface area (Å²) < 4.78 is 27.2. The van der Waals surface area contributed by atoms with Crippen molar-refractivity contribution >= 4 is 10.9 Å². The number of ether oxygens (including phenoxy) is 2. The molecule has 1 aliphatic rings. The molecule has 4 nitrogen and oxygen atoms in total. The number of aromatic nitrogens is 1. The standard InChI is InChI=1S/C18H25FN2O2/c1-12(20)9-13-14-10-18(23-8-4-7-22-2)15(19)11-17(14)21-6-3-5-16(13)21/h10-12H,3-9,20H2,1-2H3/t12-/m0/s1. The molecular formula is C18H25FN2O2. The molecule has 0 aliphatic carbocycles. The van der Waals surface area contributed by atoms with E-state index in [-0.39, 0.29) is 11.9 Å². The van der Waals surface area contributed by atoms with Crippen LogP contribution >= 0.6 is 0 Å². The smallest absolute Gasteiger partial charge is 0.167 e. The molecule has 3 rings (SSSR count). The highest BCUT2D eigenvalue weighted by atomic mass is 19.1. The third-order valence-corrected chi connectivity index (χ3v) is 4.41. The van der Waals surface area contributed by atoms with E-state index in [1.807, 2.05) is 13.0 Å². The van der Waals surface area contributed by atoms with E-state index < -0.39 is 0 Å². The van der Waals surface area contributed by atoms with Crippen LogP contribution in [0, 0.1) is 5.82 Å². The van der Waals surface area contributed by atoms with E-state index in [0.29, 0.717) is 19.0 Å². The van der Waals surface area contributed by atoms with E-state index >= 15 is 0 Å². The second kappa shape index (κ2) is 6.89. The first-order chi connectivity index (χ1) is 11.1. The van der Waals surface area contributed by atoms with Gasteiger partial charge in [0.15, 0.2) is 11.6 Å².